The standard InChI is InChI=1S/C24H25F5N8O4/c1-40-10-15(36-9-16(24(27,28)29)32-22(36)39)12-4-17-31-14(8-37(17)30-7-12)18(13-5-23(25,26)6-13)33-21(38)20-19(11-2-3-11)34-41-35-20/h4,7-8,11,13,15-16,18H,2-3,5-6,9-10H2,1H3,(H,32,39)(H,33,38)/t15-,16+,18+/m1/s1. The van der Waals surface area contributed by atoms with Gasteiger partial charge in [0, 0.05) is 31.4 Å². The summed E-state index contributed by atoms with van der Waals surface area (Å²) >= 11 is 0. The number of carbonyl (C=O) groups excluding carboxylic acids is 2. The van der Waals surface area contributed by atoms with Gasteiger partial charge < -0.3 is 20.3 Å². The van der Waals surface area contributed by atoms with Gasteiger partial charge in [-0.05, 0) is 30.0 Å². The Kier molecular flexibility index (Phi) is 6.58. The second-order valence-electron chi connectivity index (χ2n) is 10.7. The maximum atomic E-state index is 13.8. The summed E-state index contributed by atoms with van der Waals surface area (Å²) in [5.74, 6) is -4.06. The number of amides is 3. The van der Waals surface area contributed by atoms with Gasteiger partial charge in [-0.25, -0.2) is 27.7 Å². The van der Waals surface area contributed by atoms with Crippen molar-refractivity contribution in [3.05, 3.63) is 41.1 Å². The molecule has 1 aliphatic heterocycles. The Balaban J connectivity index is 1.28. The van der Waals surface area contributed by atoms with Crippen molar-refractivity contribution in [2.75, 3.05) is 20.3 Å². The average molecular weight is 585 g/mol. The quantitative estimate of drug-likeness (QED) is 0.366. The first-order valence-corrected chi connectivity index (χ1v) is 12.9. The van der Waals surface area contributed by atoms with Crippen molar-refractivity contribution in [2.24, 2.45) is 5.92 Å². The first kappa shape index (κ1) is 27.3. The largest absolute Gasteiger partial charge is 0.410 e. The Morgan fingerprint density at radius 1 is 1.29 bits per heavy atom. The van der Waals surface area contributed by atoms with Crippen LogP contribution < -0.4 is 10.6 Å². The number of fused-ring (bicyclic) bond motifs is 1. The SMILES string of the molecule is COC[C@H](c1cnn2cc([C@@H](NC(=O)c3nonc3C3CC3)C3CC(F)(F)C3)nc2c1)N1C[C@@H](C(F)(F)F)NC1=O. The Morgan fingerprint density at radius 3 is 2.68 bits per heavy atom. The van der Waals surface area contributed by atoms with E-state index in [4.69, 9.17) is 9.37 Å². The van der Waals surface area contributed by atoms with Crippen molar-refractivity contribution in [1.29, 1.82) is 0 Å². The van der Waals surface area contributed by atoms with Gasteiger partial charge in [0.25, 0.3) is 5.91 Å². The number of nitrogens with one attached hydrogen (secondary N) is 2. The first-order valence-electron chi connectivity index (χ1n) is 12.9. The summed E-state index contributed by atoms with van der Waals surface area (Å²) in [7, 11) is 1.35. The van der Waals surface area contributed by atoms with Gasteiger partial charge in [0.1, 0.15) is 11.7 Å². The van der Waals surface area contributed by atoms with Crippen molar-refractivity contribution < 1.29 is 40.9 Å². The summed E-state index contributed by atoms with van der Waals surface area (Å²) in [5, 5.41) is 16.5. The molecule has 0 bridgehead atoms. The van der Waals surface area contributed by atoms with Crippen LogP contribution in [0.2, 0.25) is 0 Å². The number of nitrogens with zero attached hydrogens (tertiary/aromatic N) is 6. The van der Waals surface area contributed by atoms with Crippen LogP contribution in [0.15, 0.2) is 23.1 Å². The molecule has 17 heteroatoms. The molecule has 0 unspecified atom stereocenters. The van der Waals surface area contributed by atoms with Crippen LogP contribution in [0.5, 0.6) is 0 Å². The fourth-order valence-corrected chi connectivity index (χ4v) is 5.34. The number of halogens is 5. The number of hydrogen-bond donors (Lipinski definition) is 2. The summed E-state index contributed by atoms with van der Waals surface area (Å²) in [5.41, 5.74) is 1.26. The number of methoxy groups -OCH3 is 1. The van der Waals surface area contributed by atoms with Crippen LogP contribution in [-0.2, 0) is 4.74 Å². The molecule has 41 heavy (non-hydrogen) atoms. The zero-order valence-corrected chi connectivity index (χ0v) is 21.6. The first-order chi connectivity index (χ1) is 19.4. The highest BCUT2D eigenvalue weighted by Crippen LogP contribution is 2.48. The van der Waals surface area contributed by atoms with Crippen molar-refractivity contribution in [3.63, 3.8) is 0 Å². The Labute approximate surface area is 228 Å². The zero-order chi connectivity index (χ0) is 29.1. The van der Waals surface area contributed by atoms with E-state index in [1.807, 2.05) is 5.32 Å². The average Bonchev–Trinajstić information content (AvgIpc) is 3.28. The maximum absolute atomic E-state index is 13.8. The van der Waals surface area contributed by atoms with Crippen LogP contribution in [0, 0.1) is 5.92 Å². The van der Waals surface area contributed by atoms with Crippen molar-refractivity contribution >= 4 is 17.6 Å². The van der Waals surface area contributed by atoms with E-state index in [0.29, 0.717) is 11.3 Å². The maximum Gasteiger partial charge on any atom is 0.410 e. The third-order valence-corrected chi connectivity index (χ3v) is 7.67. The summed E-state index contributed by atoms with van der Waals surface area (Å²) < 4.78 is 78.7. The smallest absolute Gasteiger partial charge is 0.382 e. The number of alkyl halides is 5. The molecule has 3 aliphatic rings. The zero-order valence-electron chi connectivity index (χ0n) is 21.6. The molecule has 220 valence electrons. The number of urea groups is 1. The Bertz CT molecular complexity index is 1460. The number of rotatable bonds is 9. The minimum atomic E-state index is -4.62. The molecule has 2 N–H and O–H groups in total. The van der Waals surface area contributed by atoms with E-state index in [9.17, 15) is 31.5 Å². The van der Waals surface area contributed by atoms with Gasteiger partial charge >= 0.3 is 12.2 Å². The lowest BCUT2D eigenvalue weighted by Gasteiger charge is -2.39. The molecule has 3 amide bonds. The van der Waals surface area contributed by atoms with Gasteiger partial charge in [0.05, 0.1) is 43.3 Å². The molecule has 3 atom stereocenters. The number of hydrogen-bond acceptors (Lipinski definition) is 8. The molecule has 0 aromatic carbocycles. The highest BCUT2D eigenvalue weighted by molar-refractivity contribution is 5.93. The van der Waals surface area contributed by atoms with E-state index in [2.05, 4.69) is 25.7 Å². The summed E-state index contributed by atoms with van der Waals surface area (Å²) in [6, 6.07) is -3.24. The monoisotopic (exact) mass is 584 g/mol. The fraction of sp³-hybridized carbons (Fsp3) is 0.583. The fourth-order valence-electron chi connectivity index (χ4n) is 5.34. The van der Waals surface area contributed by atoms with Crippen molar-refractivity contribution in [2.45, 2.75) is 61.8 Å². The molecule has 12 nitrogen and oxygen atoms in total. The van der Waals surface area contributed by atoms with E-state index >= 15 is 0 Å². The summed E-state index contributed by atoms with van der Waals surface area (Å²) in [6.07, 6.45) is -1.02. The third-order valence-electron chi connectivity index (χ3n) is 7.67. The van der Waals surface area contributed by atoms with E-state index in [1.165, 1.54) is 30.1 Å². The molecular weight excluding hydrogens is 559 g/mol. The number of ether oxygens (including phenoxy) is 1. The summed E-state index contributed by atoms with van der Waals surface area (Å²) in [6.45, 7) is -0.737. The molecule has 2 aliphatic carbocycles. The minimum absolute atomic E-state index is 0.00350. The number of carbonyl (C=O) groups is 2. The molecule has 3 fully saturated rings. The predicted octanol–water partition coefficient (Wildman–Crippen LogP) is 3.15. The third kappa shape index (κ3) is 5.29. The lowest BCUT2D eigenvalue weighted by molar-refractivity contribution is -0.150. The second-order valence-corrected chi connectivity index (χ2v) is 10.7. The van der Waals surface area contributed by atoms with Crippen molar-refractivity contribution in [3.8, 4) is 0 Å². The molecule has 2 saturated carbocycles. The van der Waals surface area contributed by atoms with E-state index in [1.54, 1.807) is 0 Å². The van der Waals surface area contributed by atoms with Gasteiger partial charge in [-0.3, -0.25) is 4.79 Å². The molecule has 0 radical (unpaired) electrons. The van der Waals surface area contributed by atoms with Crippen LogP contribution in [0.4, 0.5) is 26.7 Å². The molecular formula is C24H25F5N8O4. The molecule has 3 aromatic heterocycles. The predicted molar refractivity (Wildman–Crippen MR) is 127 cm³/mol. The van der Waals surface area contributed by atoms with E-state index in [-0.39, 0.29) is 29.6 Å². The lowest BCUT2D eigenvalue weighted by Crippen LogP contribution is -2.45. The van der Waals surface area contributed by atoms with Gasteiger partial charge in [-0.15, -0.1) is 0 Å². The van der Waals surface area contributed by atoms with E-state index < -0.39 is 67.5 Å². The molecule has 6 rings (SSSR count). The molecule has 0 spiro atoms. The van der Waals surface area contributed by atoms with Gasteiger partial charge in [0.15, 0.2) is 11.3 Å². The van der Waals surface area contributed by atoms with E-state index in [0.717, 1.165) is 17.7 Å². The van der Waals surface area contributed by atoms with Crippen LogP contribution in [0.25, 0.3) is 5.65 Å². The van der Waals surface area contributed by atoms with Crippen LogP contribution in [0.1, 0.15) is 71.1 Å². The van der Waals surface area contributed by atoms with Crippen LogP contribution >= 0.6 is 0 Å². The van der Waals surface area contributed by atoms with Gasteiger partial charge in [-0.2, -0.15) is 18.3 Å². The molecule has 3 aromatic rings. The Hall–Kier alpha value is -3.89. The summed E-state index contributed by atoms with van der Waals surface area (Å²) in [4.78, 5) is 31.0. The highest BCUT2D eigenvalue weighted by atomic mass is 19.4. The topological polar surface area (TPSA) is 140 Å². The highest BCUT2D eigenvalue weighted by Gasteiger charge is 2.51. The van der Waals surface area contributed by atoms with Crippen LogP contribution in [0.3, 0.4) is 0 Å². The normalized spacial score (nSPS) is 22.4. The minimum Gasteiger partial charge on any atom is -0.382 e. The van der Waals surface area contributed by atoms with Crippen LogP contribution in [-0.4, -0.2) is 80.2 Å². The number of imidazole rings is 1. The number of aromatic nitrogens is 5. The molecule has 4 heterocycles. The van der Waals surface area contributed by atoms with Gasteiger partial charge in [0.2, 0.25) is 5.92 Å². The Morgan fingerprint density at radius 2 is 2.05 bits per heavy atom. The second kappa shape index (κ2) is 9.88. The molecule has 1 saturated heterocycles. The van der Waals surface area contributed by atoms with Gasteiger partial charge in [-0.1, -0.05) is 5.16 Å². The lowest BCUT2D eigenvalue weighted by atomic mass is 9.75. The van der Waals surface area contributed by atoms with Crippen molar-refractivity contribution in [1.82, 2.24) is 40.4 Å².